The summed E-state index contributed by atoms with van der Waals surface area (Å²) < 4.78 is 5.48. The number of benzene rings is 1. The van der Waals surface area contributed by atoms with Crippen molar-refractivity contribution in [1.82, 2.24) is 0 Å². The molecule has 0 amide bonds. The van der Waals surface area contributed by atoms with Crippen molar-refractivity contribution < 1.29 is 4.74 Å². The summed E-state index contributed by atoms with van der Waals surface area (Å²) in [6.45, 7) is 10.9. The predicted molar refractivity (Wildman–Crippen MR) is 78.2 cm³/mol. The van der Waals surface area contributed by atoms with Crippen molar-refractivity contribution in [2.24, 2.45) is 17.6 Å². The van der Waals surface area contributed by atoms with Gasteiger partial charge in [-0.1, -0.05) is 13.8 Å². The van der Waals surface area contributed by atoms with Crippen LogP contribution in [-0.2, 0) is 0 Å². The van der Waals surface area contributed by atoms with E-state index in [9.17, 15) is 0 Å². The fourth-order valence-electron chi connectivity index (χ4n) is 1.92. The van der Waals surface area contributed by atoms with E-state index in [1.165, 1.54) is 5.56 Å². The van der Waals surface area contributed by atoms with Gasteiger partial charge in [0.05, 0.1) is 6.61 Å². The van der Waals surface area contributed by atoms with Crippen LogP contribution in [-0.4, -0.2) is 19.7 Å². The van der Waals surface area contributed by atoms with Gasteiger partial charge in [0.1, 0.15) is 5.75 Å². The number of hydrogen-bond acceptors (Lipinski definition) is 3. The fourth-order valence-corrected chi connectivity index (χ4v) is 1.92. The summed E-state index contributed by atoms with van der Waals surface area (Å²) in [6, 6.07) is 6.15. The lowest BCUT2D eigenvalue weighted by Gasteiger charge is -2.21. The van der Waals surface area contributed by atoms with Gasteiger partial charge in [-0.25, -0.2) is 0 Å². The van der Waals surface area contributed by atoms with Crippen molar-refractivity contribution in [2.45, 2.75) is 27.7 Å². The Morgan fingerprint density at radius 3 is 2.56 bits per heavy atom. The maximum absolute atomic E-state index is 5.78. The lowest BCUT2D eigenvalue weighted by molar-refractivity contribution is 0.340. The molecule has 0 bridgehead atoms. The molecule has 3 heteroatoms. The van der Waals surface area contributed by atoms with Gasteiger partial charge >= 0.3 is 0 Å². The van der Waals surface area contributed by atoms with Crippen molar-refractivity contribution >= 4 is 5.69 Å². The van der Waals surface area contributed by atoms with E-state index in [4.69, 9.17) is 10.5 Å². The molecule has 3 N–H and O–H groups in total. The van der Waals surface area contributed by atoms with Gasteiger partial charge in [0.25, 0.3) is 0 Å². The third-order valence-electron chi connectivity index (χ3n) is 3.31. The highest BCUT2D eigenvalue weighted by Crippen LogP contribution is 2.22. The first kappa shape index (κ1) is 14.8. The standard InChI is InChI=1S/C15H26N2O/c1-5-18-14-6-7-15(12(4)8-14)17-10-13(9-16)11(2)3/h6-8,11,13,17H,5,9-10,16H2,1-4H3. The molecule has 1 rings (SSSR count). The third kappa shape index (κ3) is 4.22. The number of aryl methyl sites for hydroxylation is 1. The van der Waals surface area contributed by atoms with E-state index >= 15 is 0 Å². The van der Waals surface area contributed by atoms with Crippen molar-refractivity contribution in [3.05, 3.63) is 23.8 Å². The lowest BCUT2D eigenvalue weighted by Crippen LogP contribution is -2.27. The molecule has 0 radical (unpaired) electrons. The van der Waals surface area contributed by atoms with Crippen LogP contribution in [0, 0.1) is 18.8 Å². The quantitative estimate of drug-likeness (QED) is 0.782. The fraction of sp³-hybridized carbons (Fsp3) is 0.600. The molecule has 0 fully saturated rings. The van der Waals surface area contributed by atoms with Gasteiger partial charge in [0, 0.05) is 12.2 Å². The second-order valence-electron chi connectivity index (χ2n) is 5.03. The normalized spacial score (nSPS) is 12.6. The van der Waals surface area contributed by atoms with Crippen molar-refractivity contribution in [2.75, 3.05) is 25.0 Å². The van der Waals surface area contributed by atoms with Crippen LogP contribution in [0.4, 0.5) is 5.69 Å². The van der Waals surface area contributed by atoms with Gasteiger partial charge in [0.15, 0.2) is 0 Å². The van der Waals surface area contributed by atoms with E-state index in [1.807, 2.05) is 13.0 Å². The molecule has 1 atom stereocenters. The van der Waals surface area contributed by atoms with Crippen LogP contribution in [0.3, 0.4) is 0 Å². The molecule has 1 aromatic carbocycles. The molecule has 0 aromatic heterocycles. The predicted octanol–water partition coefficient (Wildman–Crippen LogP) is 3.04. The van der Waals surface area contributed by atoms with Crippen LogP contribution >= 0.6 is 0 Å². The Balaban J connectivity index is 2.62. The molecule has 0 aliphatic rings. The van der Waals surface area contributed by atoms with E-state index in [-0.39, 0.29) is 0 Å². The molecule has 0 heterocycles. The van der Waals surface area contributed by atoms with Gasteiger partial charge in [-0.2, -0.15) is 0 Å². The number of nitrogens with two attached hydrogens (primary N) is 1. The maximum Gasteiger partial charge on any atom is 0.119 e. The molecule has 18 heavy (non-hydrogen) atoms. The molecular formula is C15H26N2O. The minimum absolute atomic E-state index is 0.510. The summed E-state index contributed by atoms with van der Waals surface area (Å²) in [4.78, 5) is 0. The van der Waals surface area contributed by atoms with E-state index in [0.29, 0.717) is 18.4 Å². The van der Waals surface area contributed by atoms with E-state index < -0.39 is 0 Å². The van der Waals surface area contributed by atoms with Gasteiger partial charge in [-0.15, -0.1) is 0 Å². The molecule has 0 spiro atoms. The summed E-state index contributed by atoms with van der Waals surface area (Å²) in [5.74, 6) is 2.04. The molecule has 0 aliphatic heterocycles. The Kier molecular flexibility index (Phi) is 5.99. The monoisotopic (exact) mass is 250 g/mol. The molecular weight excluding hydrogens is 224 g/mol. The van der Waals surface area contributed by atoms with Gasteiger partial charge in [0.2, 0.25) is 0 Å². The zero-order valence-corrected chi connectivity index (χ0v) is 12.0. The van der Waals surface area contributed by atoms with Crippen molar-refractivity contribution in [3.63, 3.8) is 0 Å². The summed E-state index contributed by atoms with van der Waals surface area (Å²) in [7, 11) is 0. The number of rotatable bonds is 7. The molecule has 1 unspecified atom stereocenters. The largest absolute Gasteiger partial charge is 0.494 e. The van der Waals surface area contributed by atoms with E-state index in [1.54, 1.807) is 0 Å². The molecule has 102 valence electrons. The first-order valence-corrected chi connectivity index (χ1v) is 6.75. The zero-order valence-electron chi connectivity index (χ0n) is 12.0. The Morgan fingerprint density at radius 1 is 1.33 bits per heavy atom. The minimum Gasteiger partial charge on any atom is -0.494 e. The minimum atomic E-state index is 0.510. The Hall–Kier alpha value is -1.22. The Labute approximate surface area is 111 Å². The highest BCUT2D eigenvalue weighted by Gasteiger charge is 2.11. The molecule has 0 aliphatic carbocycles. The summed E-state index contributed by atoms with van der Waals surface area (Å²) in [5.41, 5.74) is 8.15. The molecule has 3 nitrogen and oxygen atoms in total. The molecule has 0 saturated heterocycles. The van der Waals surface area contributed by atoms with Gasteiger partial charge < -0.3 is 15.8 Å². The smallest absolute Gasteiger partial charge is 0.119 e. The summed E-state index contributed by atoms with van der Waals surface area (Å²) in [5, 5.41) is 3.48. The Bertz CT molecular complexity index is 364. The first-order valence-electron chi connectivity index (χ1n) is 6.75. The van der Waals surface area contributed by atoms with Crippen molar-refractivity contribution in [3.8, 4) is 5.75 Å². The first-order chi connectivity index (χ1) is 8.58. The van der Waals surface area contributed by atoms with E-state index in [0.717, 1.165) is 24.5 Å². The van der Waals surface area contributed by atoms with Crippen LogP contribution < -0.4 is 15.8 Å². The van der Waals surface area contributed by atoms with Gasteiger partial charge in [-0.05, 0) is 56.0 Å². The Morgan fingerprint density at radius 2 is 2.06 bits per heavy atom. The lowest BCUT2D eigenvalue weighted by atomic mass is 9.96. The summed E-state index contributed by atoms with van der Waals surface area (Å²) in [6.07, 6.45) is 0. The highest BCUT2D eigenvalue weighted by atomic mass is 16.5. The maximum atomic E-state index is 5.78. The van der Waals surface area contributed by atoms with Crippen LogP contribution in [0.1, 0.15) is 26.3 Å². The van der Waals surface area contributed by atoms with Gasteiger partial charge in [-0.3, -0.25) is 0 Å². The topological polar surface area (TPSA) is 47.3 Å². The highest BCUT2D eigenvalue weighted by molar-refractivity contribution is 5.53. The second kappa shape index (κ2) is 7.27. The average molecular weight is 250 g/mol. The van der Waals surface area contributed by atoms with Crippen LogP contribution in [0.2, 0.25) is 0 Å². The van der Waals surface area contributed by atoms with Crippen LogP contribution in [0.5, 0.6) is 5.75 Å². The van der Waals surface area contributed by atoms with Crippen LogP contribution in [0.15, 0.2) is 18.2 Å². The zero-order chi connectivity index (χ0) is 13.5. The average Bonchev–Trinajstić information content (AvgIpc) is 2.32. The number of nitrogens with one attached hydrogen (secondary N) is 1. The van der Waals surface area contributed by atoms with Crippen molar-refractivity contribution in [1.29, 1.82) is 0 Å². The summed E-state index contributed by atoms with van der Waals surface area (Å²) >= 11 is 0. The molecule has 1 aromatic rings. The SMILES string of the molecule is CCOc1ccc(NCC(CN)C(C)C)c(C)c1. The van der Waals surface area contributed by atoms with Crippen LogP contribution in [0.25, 0.3) is 0 Å². The third-order valence-corrected chi connectivity index (χ3v) is 3.31. The van der Waals surface area contributed by atoms with E-state index in [2.05, 4.69) is 38.2 Å². The number of anilines is 1. The second-order valence-corrected chi connectivity index (χ2v) is 5.03. The number of hydrogen-bond donors (Lipinski definition) is 2. The molecule has 0 saturated carbocycles. The number of ether oxygens (including phenoxy) is 1.